The Morgan fingerprint density at radius 2 is 1.84 bits per heavy atom. The predicted octanol–water partition coefficient (Wildman–Crippen LogP) is 4.45. The van der Waals surface area contributed by atoms with E-state index in [1.165, 1.54) is 17.4 Å². The second-order valence-corrected chi connectivity index (χ2v) is 7.29. The number of methoxy groups -OCH3 is 1. The van der Waals surface area contributed by atoms with Crippen LogP contribution in [0.3, 0.4) is 0 Å². The Hall–Kier alpha value is -1.82. The number of carbonyl (C=O) groups is 1. The van der Waals surface area contributed by atoms with Crippen molar-refractivity contribution in [3.8, 4) is 0 Å². The summed E-state index contributed by atoms with van der Waals surface area (Å²) in [6, 6.07) is 16.4. The van der Waals surface area contributed by atoms with Crippen molar-refractivity contribution >= 4 is 23.4 Å². The molecule has 0 radical (unpaired) electrons. The molecule has 4 nitrogen and oxygen atoms in total. The molecule has 0 spiro atoms. The van der Waals surface area contributed by atoms with Gasteiger partial charge in [0.25, 0.3) is 0 Å². The number of rotatable bonds is 5. The number of amides is 1. The SMILES string of the molecule is COC1(c2cccc(Sc3ccc(NC(C)=O)cc3)c2)CCOCC1. The zero-order valence-corrected chi connectivity index (χ0v) is 15.4. The first-order valence-corrected chi connectivity index (χ1v) is 9.22. The summed E-state index contributed by atoms with van der Waals surface area (Å²) in [6.45, 7) is 2.97. The van der Waals surface area contributed by atoms with E-state index in [-0.39, 0.29) is 11.5 Å². The third-order valence-corrected chi connectivity index (χ3v) is 5.46. The first-order chi connectivity index (χ1) is 12.1. The zero-order chi connectivity index (χ0) is 17.7. The Balaban J connectivity index is 1.76. The average Bonchev–Trinajstić information content (AvgIpc) is 2.64. The van der Waals surface area contributed by atoms with Gasteiger partial charge in [0, 0.05) is 55.6 Å². The summed E-state index contributed by atoms with van der Waals surface area (Å²) in [5, 5.41) is 2.78. The fraction of sp³-hybridized carbons (Fsp3) is 0.350. The van der Waals surface area contributed by atoms with E-state index in [1.54, 1.807) is 18.9 Å². The molecule has 5 heteroatoms. The van der Waals surface area contributed by atoms with E-state index < -0.39 is 0 Å². The molecule has 132 valence electrons. The minimum Gasteiger partial charge on any atom is -0.381 e. The van der Waals surface area contributed by atoms with Crippen LogP contribution in [0.1, 0.15) is 25.3 Å². The smallest absolute Gasteiger partial charge is 0.221 e. The molecule has 1 aliphatic rings. The minimum atomic E-state index is -0.246. The Labute approximate surface area is 152 Å². The van der Waals surface area contributed by atoms with Crippen LogP contribution in [0.15, 0.2) is 58.3 Å². The normalized spacial score (nSPS) is 16.4. The van der Waals surface area contributed by atoms with Crippen LogP contribution in [0.25, 0.3) is 0 Å². The molecule has 2 aromatic carbocycles. The molecule has 1 aliphatic heterocycles. The van der Waals surface area contributed by atoms with E-state index in [4.69, 9.17) is 9.47 Å². The van der Waals surface area contributed by atoms with Gasteiger partial charge in [0.2, 0.25) is 5.91 Å². The lowest BCUT2D eigenvalue weighted by molar-refractivity contribution is -0.114. The van der Waals surface area contributed by atoms with Gasteiger partial charge in [0.05, 0.1) is 5.60 Å². The van der Waals surface area contributed by atoms with Gasteiger partial charge in [0.15, 0.2) is 0 Å². The molecule has 1 N–H and O–H groups in total. The van der Waals surface area contributed by atoms with Gasteiger partial charge in [-0.2, -0.15) is 0 Å². The monoisotopic (exact) mass is 357 g/mol. The number of hydrogen-bond donors (Lipinski definition) is 1. The molecular weight excluding hydrogens is 334 g/mol. The van der Waals surface area contributed by atoms with E-state index in [9.17, 15) is 4.79 Å². The molecule has 1 fully saturated rings. The summed E-state index contributed by atoms with van der Waals surface area (Å²) < 4.78 is 11.4. The van der Waals surface area contributed by atoms with Crippen LogP contribution in [0.5, 0.6) is 0 Å². The lowest BCUT2D eigenvalue weighted by Gasteiger charge is -2.36. The third-order valence-electron chi connectivity index (χ3n) is 4.46. The van der Waals surface area contributed by atoms with E-state index >= 15 is 0 Å². The zero-order valence-electron chi connectivity index (χ0n) is 14.6. The highest BCUT2D eigenvalue weighted by atomic mass is 32.2. The lowest BCUT2D eigenvalue weighted by Crippen LogP contribution is -2.35. The number of benzene rings is 2. The topological polar surface area (TPSA) is 47.6 Å². The summed E-state index contributed by atoms with van der Waals surface area (Å²) in [7, 11) is 1.78. The van der Waals surface area contributed by atoms with Crippen molar-refractivity contribution in [2.75, 3.05) is 25.6 Å². The van der Waals surface area contributed by atoms with Crippen molar-refractivity contribution < 1.29 is 14.3 Å². The van der Waals surface area contributed by atoms with Crippen LogP contribution < -0.4 is 5.32 Å². The van der Waals surface area contributed by atoms with Gasteiger partial charge in [-0.1, -0.05) is 23.9 Å². The van der Waals surface area contributed by atoms with Crippen LogP contribution in [0, 0.1) is 0 Å². The molecule has 0 unspecified atom stereocenters. The van der Waals surface area contributed by atoms with E-state index in [2.05, 4.69) is 29.6 Å². The largest absolute Gasteiger partial charge is 0.381 e. The van der Waals surface area contributed by atoms with Crippen molar-refractivity contribution in [2.24, 2.45) is 0 Å². The predicted molar refractivity (Wildman–Crippen MR) is 100 cm³/mol. The highest BCUT2D eigenvalue weighted by molar-refractivity contribution is 7.99. The Kier molecular flexibility index (Phi) is 5.78. The molecule has 0 aromatic heterocycles. The Morgan fingerprint density at radius 3 is 2.48 bits per heavy atom. The lowest BCUT2D eigenvalue weighted by atomic mass is 9.86. The molecule has 1 saturated heterocycles. The Morgan fingerprint density at radius 1 is 1.12 bits per heavy atom. The standard InChI is InChI=1S/C20H23NO3S/c1-15(22)21-17-6-8-18(9-7-17)25-19-5-3-4-16(14-19)20(23-2)10-12-24-13-11-20/h3-9,14H,10-13H2,1-2H3,(H,21,22). The van der Waals surface area contributed by atoms with E-state index in [0.717, 1.165) is 36.6 Å². The summed E-state index contributed by atoms with van der Waals surface area (Å²) >= 11 is 1.70. The molecule has 1 amide bonds. The highest BCUT2D eigenvalue weighted by Crippen LogP contribution is 2.38. The third kappa shape index (κ3) is 4.42. The summed E-state index contributed by atoms with van der Waals surface area (Å²) in [6.07, 6.45) is 1.76. The van der Waals surface area contributed by atoms with Gasteiger partial charge in [-0.05, 0) is 42.0 Å². The number of anilines is 1. The first kappa shape index (κ1) is 18.0. The number of hydrogen-bond acceptors (Lipinski definition) is 4. The van der Waals surface area contributed by atoms with Gasteiger partial charge in [0.1, 0.15) is 0 Å². The van der Waals surface area contributed by atoms with Crippen molar-refractivity contribution in [1.82, 2.24) is 0 Å². The molecule has 1 heterocycles. The van der Waals surface area contributed by atoms with Gasteiger partial charge >= 0.3 is 0 Å². The van der Waals surface area contributed by atoms with Crippen molar-refractivity contribution in [3.63, 3.8) is 0 Å². The van der Waals surface area contributed by atoms with Crippen LogP contribution >= 0.6 is 11.8 Å². The van der Waals surface area contributed by atoms with Crippen molar-refractivity contribution in [1.29, 1.82) is 0 Å². The van der Waals surface area contributed by atoms with Crippen LogP contribution in [-0.2, 0) is 19.9 Å². The first-order valence-electron chi connectivity index (χ1n) is 8.40. The fourth-order valence-corrected chi connectivity index (χ4v) is 3.98. The minimum absolute atomic E-state index is 0.0607. The summed E-state index contributed by atoms with van der Waals surface area (Å²) in [4.78, 5) is 13.4. The number of nitrogens with one attached hydrogen (secondary N) is 1. The van der Waals surface area contributed by atoms with Gasteiger partial charge in [-0.25, -0.2) is 0 Å². The maximum Gasteiger partial charge on any atom is 0.221 e. The van der Waals surface area contributed by atoms with Crippen molar-refractivity contribution in [3.05, 3.63) is 54.1 Å². The summed E-state index contributed by atoms with van der Waals surface area (Å²) in [5.41, 5.74) is 1.77. The second-order valence-electron chi connectivity index (χ2n) is 6.15. The van der Waals surface area contributed by atoms with Gasteiger partial charge in [-0.3, -0.25) is 4.79 Å². The fourth-order valence-electron chi connectivity index (χ4n) is 3.10. The molecule has 25 heavy (non-hydrogen) atoms. The maximum atomic E-state index is 11.1. The average molecular weight is 357 g/mol. The molecule has 0 bridgehead atoms. The quantitative estimate of drug-likeness (QED) is 0.859. The molecular formula is C20H23NO3S. The second kappa shape index (κ2) is 8.04. The molecule has 0 saturated carbocycles. The highest BCUT2D eigenvalue weighted by Gasteiger charge is 2.34. The van der Waals surface area contributed by atoms with Crippen LogP contribution in [0.2, 0.25) is 0 Å². The Bertz CT molecular complexity index is 724. The molecule has 0 aliphatic carbocycles. The molecule has 0 atom stereocenters. The van der Waals surface area contributed by atoms with E-state index in [0.29, 0.717) is 0 Å². The summed E-state index contributed by atoms with van der Waals surface area (Å²) in [5.74, 6) is -0.0607. The van der Waals surface area contributed by atoms with Crippen molar-refractivity contribution in [2.45, 2.75) is 35.2 Å². The van der Waals surface area contributed by atoms with Crippen LogP contribution in [-0.4, -0.2) is 26.2 Å². The van der Waals surface area contributed by atoms with E-state index in [1.807, 2.05) is 24.3 Å². The van der Waals surface area contributed by atoms with Gasteiger partial charge in [-0.15, -0.1) is 0 Å². The molecule has 3 rings (SSSR count). The molecule has 2 aromatic rings. The van der Waals surface area contributed by atoms with Crippen LogP contribution in [0.4, 0.5) is 5.69 Å². The number of carbonyl (C=O) groups excluding carboxylic acids is 1. The van der Waals surface area contributed by atoms with Gasteiger partial charge < -0.3 is 14.8 Å². The maximum absolute atomic E-state index is 11.1. The number of ether oxygens (including phenoxy) is 2.